The summed E-state index contributed by atoms with van der Waals surface area (Å²) in [7, 11) is 0. The van der Waals surface area contributed by atoms with Crippen LogP contribution in [-0.4, -0.2) is 11.0 Å². The van der Waals surface area contributed by atoms with Crippen LogP contribution >= 0.6 is 0 Å². The third-order valence-electron chi connectivity index (χ3n) is 2.49. The predicted molar refractivity (Wildman–Crippen MR) is 73.3 cm³/mol. The van der Waals surface area contributed by atoms with Gasteiger partial charge in [-0.15, -0.1) is 0 Å². The van der Waals surface area contributed by atoms with E-state index in [2.05, 4.69) is 16.8 Å². The Bertz CT molecular complexity index is 749. The van der Waals surface area contributed by atoms with E-state index in [1.165, 1.54) is 18.2 Å². The summed E-state index contributed by atoms with van der Waals surface area (Å²) in [5.41, 5.74) is 1.69. The number of non-ortho nitro benzene ring substituents is 1. The van der Waals surface area contributed by atoms with Crippen molar-refractivity contribution in [3.63, 3.8) is 0 Å². The summed E-state index contributed by atoms with van der Waals surface area (Å²) in [6.07, 6.45) is 1.47. The van der Waals surface area contributed by atoms with Crippen molar-refractivity contribution in [2.24, 2.45) is 4.99 Å². The van der Waals surface area contributed by atoms with Gasteiger partial charge in [0.25, 0.3) is 5.69 Å². The number of hydrogen-bond donors (Lipinski definition) is 0. The Morgan fingerprint density at radius 3 is 2.35 bits per heavy atom. The molecule has 2 aromatic carbocycles. The van der Waals surface area contributed by atoms with Gasteiger partial charge in [0.05, 0.1) is 16.2 Å². The van der Waals surface area contributed by atoms with E-state index >= 15 is 0 Å². The molecule has 96 valence electrons. The molecule has 0 radical (unpaired) electrons. The Kier molecular flexibility index (Phi) is 4.03. The maximum Gasteiger partial charge on any atom is 0.269 e. The topological polar surface area (TPSA) is 72.6 Å². The number of para-hydroxylation sites is 1. The molecule has 0 unspecified atom stereocenters. The zero-order valence-electron chi connectivity index (χ0n) is 10.2. The lowest BCUT2D eigenvalue weighted by Crippen LogP contribution is -1.86. The third kappa shape index (κ3) is 3.16. The van der Waals surface area contributed by atoms with Gasteiger partial charge in [0.2, 0.25) is 6.08 Å². The Balaban J connectivity index is 2.31. The van der Waals surface area contributed by atoms with Gasteiger partial charge >= 0.3 is 0 Å². The number of isocyanates is 1. The molecule has 0 N–H and O–H groups in total. The number of rotatable bonds is 2. The molecule has 0 saturated carbocycles. The van der Waals surface area contributed by atoms with Gasteiger partial charge in [-0.1, -0.05) is 24.0 Å². The molecule has 5 nitrogen and oxygen atoms in total. The van der Waals surface area contributed by atoms with Gasteiger partial charge < -0.3 is 0 Å². The molecule has 0 spiro atoms. The highest BCUT2D eigenvalue weighted by molar-refractivity contribution is 5.60. The number of nitro benzene ring substituents is 1. The van der Waals surface area contributed by atoms with Gasteiger partial charge in [-0.3, -0.25) is 10.1 Å². The van der Waals surface area contributed by atoms with Gasteiger partial charge in [0.1, 0.15) is 0 Å². The standard InChI is InChI=1S/C15H8N2O3/c18-11-16-15-4-2-1-3-13(15)8-5-12-6-9-14(10-7-12)17(19)20/h1-4,6-7,9-10H. The highest BCUT2D eigenvalue weighted by Crippen LogP contribution is 2.17. The summed E-state index contributed by atoms with van der Waals surface area (Å²) >= 11 is 0. The number of carbonyl (C=O) groups excluding carboxylic acids is 1. The average molecular weight is 264 g/mol. The van der Waals surface area contributed by atoms with Crippen LogP contribution in [0.3, 0.4) is 0 Å². The smallest absolute Gasteiger partial charge is 0.258 e. The summed E-state index contributed by atoms with van der Waals surface area (Å²) in [6.45, 7) is 0. The van der Waals surface area contributed by atoms with Gasteiger partial charge in [-0.2, -0.15) is 4.99 Å². The number of benzene rings is 2. The molecule has 0 aliphatic heterocycles. The average Bonchev–Trinajstić information content (AvgIpc) is 2.47. The SMILES string of the molecule is O=C=Nc1ccccc1C#Cc1ccc([N+](=O)[O-])cc1. The Labute approximate surface area is 114 Å². The van der Waals surface area contributed by atoms with Gasteiger partial charge in [0, 0.05) is 17.7 Å². The first-order valence-electron chi connectivity index (χ1n) is 5.64. The minimum atomic E-state index is -0.467. The second-order valence-electron chi connectivity index (χ2n) is 3.77. The largest absolute Gasteiger partial charge is 0.269 e. The van der Waals surface area contributed by atoms with Crippen LogP contribution in [0.2, 0.25) is 0 Å². The molecule has 0 aliphatic carbocycles. The first kappa shape index (κ1) is 13.2. The van der Waals surface area contributed by atoms with Crippen molar-refractivity contribution in [1.29, 1.82) is 0 Å². The first-order chi connectivity index (χ1) is 9.70. The van der Waals surface area contributed by atoms with Gasteiger partial charge in [0.15, 0.2) is 0 Å². The summed E-state index contributed by atoms with van der Waals surface area (Å²) < 4.78 is 0. The fourth-order valence-electron chi connectivity index (χ4n) is 1.53. The van der Waals surface area contributed by atoms with Gasteiger partial charge in [-0.25, -0.2) is 4.79 Å². The number of nitro groups is 1. The van der Waals surface area contributed by atoms with Crippen molar-refractivity contribution in [3.8, 4) is 11.8 Å². The van der Waals surface area contributed by atoms with E-state index in [0.29, 0.717) is 16.8 Å². The Morgan fingerprint density at radius 1 is 1.00 bits per heavy atom. The molecular formula is C15H8N2O3. The summed E-state index contributed by atoms with van der Waals surface area (Å²) in [5, 5.41) is 10.5. The van der Waals surface area contributed by atoms with Crippen molar-refractivity contribution >= 4 is 17.5 Å². The van der Waals surface area contributed by atoms with E-state index in [1.54, 1.807) is 36.4 Å². The van der Waals surface area contributed by atoms with Crippen LogP contribution in [0.5, 0.6) is 0 Å². The molecular weight excluding hydrogens is 256 g/mol. The second kappa shape index (κ2) is 6.10. The van der Waals surface area contributed by atoms with Crippen molar-refractivity contribution in [1.82, 2.24) is 0 Å². The molecule has 5 heteroatoms. The normalized spacial score (nSPS) is 9.00. The fourth-order valence-corrected chi connectivity index (χ4v) is 1.53. The van der Waals surface area contributed by atoms with E-state index in [0.717, 1.165) is 0 Å². The Morgan fingerprint density at radius 2 is 1.70 bits per heavy atom. The molecule has 0 aromatic heterocycles. The van der Waals surface area contributed by atoms with E-state index < -0.39 is 4.92 Å². The van der Waals surface area contributed by atoms with E-state index in [4.69, 9.17) is 0 Å². The first-order valence-corrected chi connectivity index (χ1v) is 5.64. The van der Waals surface area contributed by atoms with Crippen molar-refractivity contribution in [2.45, 2.75) is 0 Å². The minimum Gasteiger partial charge on any atom is -0.258 e. The van der Waals surface area contributed by atoms with Crippen LogP contribution in [0.15, 0.2) is 53.5 Å². The number of hydrogen-bond acceptors (Lipinski definition) is 4. The van der Waals surface area contributed by atoms with Crippen LogP contribution in [0.1, 0.15) is 11.1 Å². The highest BCUT2D eigenvalue weighted by atomic mass is 16.6. The molecule has 0 aliphatic rings. The quantitative estimate of drug-likeness (QED) is 0.275. The molecule has 0 saturated heterocycles. The van der Waals surface area contributed by atoms with E-state index in [9.17, 15) is 14.9 Å². The van der Waals surface area contributed by atoms with Crippen molar-refractivity contribution in [2.75, 3.05) is 0 Å². The van der Waals surface area contributed by atoms with E-state index in [1.807, 2.05) is 0 Å². The molecule has 0 bridgehead atoms. The zero-order chi connectivity index (χ0) is 14.4. The van der Waals surface area contributed by atoms with Crippen LogP contribution in [0.4, 0.5) is 11.4 Å². The summed E-state index contributed by atoms with van der Waals surface area (Å²) in [4.78, 5) is 23.9. The fraction of sp³-hybridized carbons (Fsp3) is 0. The Hall–Kier alpha value is -3.22. The molecule has 2 aromatic rings. The lowest BCUT2D eigenvalue weighted by molar-refractivity contribution is -0.384. The summed E-state index contributed by atoms with van der Waals surface area (Å²) in [6, 6.07) is 12.8. The number of aliphatic imine (C=N–C) groups is 1. The monoisotopic (exact) mass is 264 g/mol. The zero-order valence-corrected chi connectivity index (χ0v) is 10.2. The number of nitrogens with zero attached hydrogens (tertiary/aromatic N) is 2. The van der Waals surface area contributed by atoms with Crippen molar-refractivity contribution in [3.05, 3.63) is 69.8 Å². The highest BCUT2D eigenvalue weighted by Gasteiger charge is 2.02. The molecule has 2 rings (SSSR count). The van der Waals surface area contributed by atoms with Crippen LogP contribution in [0.25, 0.3) is 0 Å². The van der Waals surface area contributed by atoms with E-state index in [-0.39, 0.29) is 5.69 Å². The lowest BCUT2D eigenvalue weighted by Gasteiger charge is -1.94. The molecule has 20 heavy (non-hydrogen) atoms. The molecule has 0 heterocycles. The van der Waals surface area contributed by atoms with Crippen LogP contribution in [-0.2, 0) is 4.79 Å². The maximum absolute atomic E-state index is 10.5. The predicted octanol–water partition coefficient (Wildman–Crippen LogP) is 2.96. The van der Waals surface area contributed by atoms with Crippen LogP contribution in [0, 0.1) is 22.0 Å². The van der Waals surface area contributed by atoms with Gasteiger partial charge in [-0.05, 0) is 24.3 Å². The second-order valence-corrected chi connectivity index (χ2v) is 3.77. The van der Waals surface area contributed by atoms with Crippen molar-refractivity contribution < 1.29 is 9.72 Å². The minimum absolute atomic E-state index is 0.0153. The molecule has 0 atom stereocenters. The molecule has 0 fully saturated rings. The molecule has 0 amide bonds. The lowest BCUT2D eigenvalue weighted by atomic mass is 10.1. The maximum atomic E-state index is 10.5. The van der Waals surface area contributed by atoms with Crippen LogP contribution < -0.4 is 0 Å². The summed E-state index contributed by atoms with van der Waals surface area (Å²) in [5.74, 6) is 5.73. The third-order valence-corrected chi connectivity index (χ3v) is 2.49.